The molecule has 0 atom stereocenters. The predicted molar refractivity (Wildman–Crippen MR) is 71.2 cm³/mol. The maximum absolute atomic E-state index is 13.8. The lowest BCUT2D eigenvalue weighted by molar-refractivity contribution is 0.573. The van der Waals surface area contributed by atoms with Crippen LogP contribution in [0.4, 0.5) is 4.39 Å². The van der Waals surface area contributed by atoms with Crippen molar-refractivity contribution in [1.82, 2.24) is 4.98 Å². The molecule has 0 N–H and O–H groups in total. The average molecular weight is 270 g/mol. The second-order valence-electron chi connectivity index (χ2n) is 4.89. The Balaban J connectivity index is 2.48. The van der Waals surface area contributed by atoms with Crippen LogP contribution >= 0.6 is 22.9 Å². The molecule has 4 heteroatoms. The third kappa shape index (κ3) is 2.50. The van der Waals surface area contributed by atoms with Crippen molar-refractivity contribution in [3.63, 3.8) is 0 Å². The first-order chi connectivity index (χ1) is 7.89. The number of hydrogen-bond donors (Lipinski definition) is 0. The van der Waals surface area contributed by atoms with Crippen LogP contribution in [0.5, 0.6) is 0 Å². The van der Waals surface area contributed by atoms with Crippen LogP contribution in [0, 0.1) is 5.82 Å². The maximum atomic E-state index is 13.8. The van der Waals surface area contributed by atoms with Gasteiger partial charge in [0.15, 0.2) is 5.82 Å². The highest BCUT2D eigenvalue weighted by Gasteiger charge is 2.19. The zero-order valence-corrected chi connectivity index (χ0v) is 11.5. The molecule has 1 aromatic heterocycles. The summed E-state index contributed by atoms with van der Waals surface area (Å²) in [5.74, 6) is -0.399. The zero-order valence-electron chi connectivity index (χ0n) is 9.92. The van der Waals surface area contributed by atoms with E-state index in [2.05, 4.69) is 25.8 Å². The van der Waals surface area contributed by atoms with Gasteiger partial charge in [-0.15, -0.1) is 11.3 Å². The van der Waals surface area contributed by atoms with E-state index in [-0.39, 0.29) is 10.4 Å². The highest BCUT2D eigenvalue weighted by atomic mass is 35.5. The fraction of sp³-hybridized carbons (Fsp3) is 0.308. The van der Waals surface area contributed by atoms with Gasteiger partial charge in [-0.1, -0.05) is 38.4 Å². The van der Waals surface area contributed by atoms with Gasteiger partial charge in [-0.05, 0) is 12.1 Å². The van der Waals surface area contributed by atoms with Gasteiger partial charge in [-0.3, -0.25) is 0 Å². The van der Waals surface area contributed by atoms with E-state index in [0.29, 0.717) is 10.6 Å². The van der Waals surface area contributed by atoms with Gasteiger partial charge in [-0.25, -0.2) is 9.37 Å². The topological polar surface area (TPSA) is 12.9 Å². The molecule has 1 aromatic carbocycles. The van der Waals surface area contributed by atoms with E-state index in [1.54, 1.807) is 18.2 Å². The predicted octanol–water partition coefficient (Wildman–Crippen LogP) is 4.90. The van der Waals surface area contributed by atoms with Gasteiger partial charge in [0.1, 0.15) is 5.01 Å². The minimum absolute atomic E-state index is 0.0240. The number of thiazole rings is 1. The molecule has 0 bridgehead atoms. The van der Waals surface area contributed by atoms with Crippen molar-refractivity contribution < 1.29 is 4.39 Å². The summed E-state index contributed by atoms with van der Waals surface area (Å²) >= 11 is 7.20. The third-order valence-corrected chi connectivity index (χ3v) is 3.62. The number of nitrogens with zero attached hydrogens (tertiary/aromatic N) is 1. The molecule has 0 aliphatic heterocycles. The van der Waals surface area contributed by atoms with Gasteiger partial charge < -0.3 is 0 Å². The van der Waals surface area contributed by atoms with Crippen molar-refractivity contribution in [3.05, 3.63) is 40.1 Å². The van der Waals surface area contributed by atoms with Gasteiger partial charge in [0.25, 0.3) is 0 Å². The number of benzene rings is 1. The van der Waals surface area contributed by atoms with Crippen LogP contribution in [0.1, 0.15) is 26.5 Å². The van der Waals surface area contributed by atoms with E-state index in [0.717, 1.165) is 5.69 Å². The van der Waals surface area contributed by atoms with Crippen LogP contribution < -0.4 is 0 Å². The first kappa shape index (κ1) is 12.5. The van der Waals surface area contributed by atoms with Crippen LogP contribution in [0.25, 0.3) is 10.6 Å². The molecule has 1 heterocycles. The fourth-order valence-corrected chi connectivity index (χ4v) is 2.65. The number of aromatic nitrogens is 1. The maximum Gasteiger partial charge on any atom is 0.152 e. The average Bonchev–Trinajstić information content (AvgIpc) is 2.70. The van der Waals surface area contributed by atoms with Gasteiger partial charge in [0.2, 0.25) is 0 Å². The lowest BCUT2D eigenvalue weighted by Crippen LogP contribution is -2.11. The summed E-state index contributed by atoms with van der Waals surface area (Å²) < 4.78 is 13.8. The molecule has 0 unspecified atom stereocenters. The molecule has 0 aliphatic carbocycles. The van der Waals surface area contributed by atoms with Crippen LogP contribution in [0.2, 0.25) is 5.02 Å². The molecular weight excluding hydrogens is 257 g/mol. The lowest BCUT2D eigenvalue weighted by atomic mass is 9.93. The Kier molecular flexibility index (Phi) is 3.23. The van der Waals surface area contributed by atoms with Crippen molar-refractivity contribution in [2.45, 2.75) is 26.2 Å². The number of halogens is 2. The first-order valence-electron chi connectivity index (χ1n) is 5.30. The van der Waals surface area contributed by atoms with Crippen molar-refractivity contribution >= 4 is 22.9 Å². The number of rotatable bonds is 1. The molecular formula is C13H13ClFNS. The minimum Gasteiger partial charge on any atom is -0.240 e. The van der Waals surface area contributed by atoms with E-state index in [1.165, 1.54) is 11.3 Å². The zero-order chi connectivity index (χ0) is 12.6. The van der Waals surface area contributed by atoms with Crippen molar-refractivity contribution in [3.8, 4) is 10.6 Å². The van der Waals surface area contributed by atoms with Gasteiger partial charge in [-0.2, -0.15) is 0 Å². The van der Waals surface area contributed by atoms with Crippen LogP contribution in [0.15, 0.2) is 23.6 Å². The quantitative estimate of drug-likeness (QED) is 0.717. The molecule has 2 rings (SSSR count). The second-order valence-corrected chi connectivity index (χ2v) is 6.15. The Labute approximate surface area is 109 Å². The number of hydrogen-bond acceptors (Lipinski definition) is 2. The molecule has 0 aliphatic rings. The van der Waals surface area contributed by atoms with Crippen molar-refractivity contribution in [1.29, 1.82) is 0 Å². The summed E-state index contributed by atoms with van der Waals surface area (Å²) in [5, 5.41) is 2.78. The largest absolute Gasteiger partial charge is 0.240 e. The SMILES string of the molecule is CC(C)(C)c1csc(-c2cccc(Cl)c2F)n1. The molecule has 0 saturated heterocycles. The Morgan fingerprint density at radius 1 is 1.29 bits per heavy atom. The van der Waals surface area contributed by atoms with Gasteiger partial charge in [0.05, 0.1) is 10.7 Å². The smallest absolute Gasteiger partial charge is 0.152 e. The summed E-state index contributed by atoms with van der Waals surface area (Å²) in [5.41, 5.74) is 1.42. The highest BCUT2D eigenvalue weighted by molar-refractivity contribution is 7.13. The highest BCUT2D eigenvalue weighted by Crippen LogP contribution is 2.32. The van der Waals surface area contributed by atoms with E-state index in [1.807, 2.05) is 5.38 Å². The van der Waals surface area contributed by atoms with E-state index < -0.39 is 5.82 Å². The lowest BCUT2D eigenvalue weighted by Gasteiger charge is -2.14. The Hall–Kier alpha value is -0.930. The van der Waals surface area contributed by atoms with Crippen molar-refractivity contribution in [2.24, 2.45) is 0 Å². The summed E-state index contributed by atoms with van der Waals surface area (Å²) in [4.78, 5) is 4.47. The molecule has 0 radical (unpaired) electrons. The molecule has 1 nitrogen and oxygen atoms in total. The first-order valence-corrected chi connectivity index (χ1v) is 6.56. The molecule has 17 heavy (non-hydrogen) atoms. The van der Waals surface area contributed by atoms with E-state index in [4.69, 9.17) is 11.6 Å². The van der Waals surface area contributed by atoms with Crippen molar-refractivity contribution in [2.75, 3.05) is 0 Å². The Morgan fingerprint density at radius 3 is 2.59 bits per heavy atom. The Bertz CT molecular complexity index is 543. The third-order valence-electron chi connectivity index (χ3n) is 2.45. The molecule has 90 valence electrons. The van der Waals surface area contributed by atoms with E-state index >= 15 is 0 Å². The second kappa shape index (κ2) is 4.39. The summed E-state index contributed by atoms with van der Waals surface area (Å²) in [7, 11) is 0. The molecule has 0 saturated carbocycles. The molecule has 2 aromatic rings. The monoisotopic (exact) mass is 269 g/mol. The van der Waals surface area contributed by atoms with Gasteiger partial charge in [0, 0.05) is 16.4 Å². The van der Waals surface area contributed by atoms with Gasteiger partial charge >= 0.3 is 0 Å². The minimum atomic E-state index is -0.399. The summed E-state index contributed by atoms with van der Waals surface area (Å²) in [6, 6.07) is 4.98. The molecule has 0 amide bonds. The van der Waals surface area contributed by atoms with Crippen LogP contribution in [-0.4, -0.2) is 4.98 Å². The van der Waals surface area contributed by atoms with Crippen LogP contribution in [-0.2, 0) is 5.41 Å². The summed E-state index contributed by atoms with van der Waals surface area (Å²) in [6.45, 7) is 6.25. The van der Waals surface area contributed by atoms with Crippen LogP contribution in [0.3, 0.4) is 0 Å². The summed E-state index contributed by atoms with van der Waals surface area (Å²) in [6.07, 6.45) is 0. The van der Waals surface area contributed by atoms with E-state index in [9.17, 15) is 4.39 Å². The molecule has 0 spiro atoms. The Morgan fingerprint density at radius 2 is 2.00 bits per heavy atom. The normalized spacial score (nSPS) is 11.8. The fourth-order valence-electron chi connectivity index (χ4n) is 1.41. The standard InChI is InChI=1S/C13H13ClFNS/c1-13(2,3)10-7-17-12(16-10)8-5-4-6-9(14)11(8)15/h4-7H,1-3H3. The molecule has 0 fully saturated rings.